The topological polar surface area (TPSA) is 58.6 Å². The van der Waals surface area contributed by atoms with Gasteiger partial charge in [0.2, 0.25) is 5.91 Å². The largest absolute Gasteiger partial charge is 0.482 e. The molecule has 0 atom stereocenters. The number of ether oxygens (including phenoxy) is 1. The van der Waals surface area contributed by atoms with Crippen LogP contribution in [0.5, 0.6) is 5.75 Å². The van der Waals surface area contributed by atoms with E-state index in [-0.39, 0.29) is 18.4 Å². The highest BCUT2D eigenvalue weighted by atomic mass is 16.5. The summed E-state index contributed by atoms with van der Waals surface area (Å²) in [4.78, 5) is 26.2. The fourth-order valence-electron chi connectivity index (χ4n) is 3.19. The molecule has 0 radical (unpaired) electrons. The maximum atomic E-state index is 12.4. The van der Waals surface area contributed by atoms with E-state index in [0.29, 0.717) is 30.3 Å². The van der Waals surface area contributed by atoms with Crippen molar-refractivity contribution in [2.75, 3.05) is 23.4 Å². The molecule has 0 saturated heterocycles. The molecule has 0 spiro atoms. The number of benzene rings is 2. The Morgan fingerprint density at radius 3 is 2.70 bits per heavy atom. The Kier molecular flexibility index (Phi) is 6.12. The van der Waals surface area contributed by atoms with Gasteiger partial charge in [-0.3, -0.25) is 9.59 Å². The lowest BCUT2D eigenvalue weighted by Crippen LogP contribution is -2.39. The van der Waals surface area contributed by atoms with Crippen molar-refractivity contribution in [1.29, 1.82) is 0 Å². The van der Waals surface area contributed by atoms with E-state index >= 15 is 0 Å². The zero-order valence-electron chi connectivity index (χ0n) is 15.9. The number of carbonyl (C=O) groups is 2. The second-order valence-electron chi connectivity index (χ2n) is 7.25. The van der Waals surface area contributed by atoms with Gasteiger partial charge in [-0.05, 0) is 42.5 Å². The highest BCUT2D eigenvalue weighted by Gasteiger charge is 2.25. The van der Waals surface area contributed by atoms with Crippen LogP contribution in [0.1, 0.15) is 32.3 Å². The Bertz CT molecular complexity index is 802. The average molecular weight is 366 g/mol. The molecule has 0 saturated carbocycles. The molecule has 0 aliphatic carbocycles. The number of amides is 2. The van der Waals surface area contributed by atoms with Crippen LogP contribution in [0.15, 0.2) is 48.5 Å². The molecule has 27 heavy (non-hydrogen) atoms. The lowest BCUT2D eigenvalue weighted by Gasteiger charge is -2.30. The first-order chi connectivity index (χ1) is 13.0. The van der Waals surface area contributed by atoms with Crippen molar-refractivity contribution in [2.24, 2.45) is 5.92 Å². The first-order valence-corrected chi connectivity index (χ1v) is 9.44. The fraction of sp³-hybridized carbons (Fsp3) is 0.364. The molecule has 0 fully saturated rings. The zero-order valence-corrected chi connectivity index (χ0v) is 15.9. The van der Waals surface area contributed by atoms with Gasteiger partial charge < -0.3 is 15.0 Å². The molecular weight excluding hydrogens is 340 g/mol. The average Bonchev–Trinajstić information content (AvgIpc) is 2.64. The third-order valence-corrected chi connectivity index (χ3v) is 4.47. The molecule has 5 nitrogen and oxygen atoms in total. The molecule has 0 unspecified atom stereocenters. The molecule has 1 aliphatic heterocycles. The van der Waals surface area contributed by atoms with Gasteiger partial charge in [-0.2, -0.15) is 0 Å². The number of nitrogens with one attached hydrogen (secondary N) is 1. The van der Waals surface area contributed by atoms with Crippen molar-refractivity contribution >= 4 is 23.2 Å². The van der Waals surface area contributed by atoms with E-state index in [2.05, 4.69) is 17.4 Å². The predicted molar refractivity (Wildman–Crippen MR) is 107 cm³/mol. The Morgan fingerprint density at radius 2 is 1.96 bits per heavy atom. The monoisotopic (exact) mass is 366 g/mol. The number of carbonyl (C=O) groups excluding carboxylic acids is 2. The summed E-state index contributed by atoms with van der Waals surface area (Å²) in [7, 11) is 0. The van der Waals surface area contributed by atoms with Crippen LogP contribution in [0.4, 0.5) is 11.4 Å². The Labute approximate surface area is 160 Å². The van der Waals surface area contributed by atoms with E-state index in [0.717, 1.165) is 18.5 Å². The van der Waals surface area contributed by atoms with Crippen LogP contribution in [0, 0.1) is 5.92 Å². The Hall–Kier alpha value is -2.82. The van der Waals surface area contributed by atoms with Crippen molar-refractivity contribution < 1.29 is 14.3 Å². The molecule has 0 bridgehead atoms. The zero-order chi connectivity index (χ0) is 19.2. The van der Waals surface area contributed by atoms with E-state index in [1.165, 1.54) is 5.56 Å². The third kappa shape index (κ3) is 5.09. The third-order valence-electron chi connectivity index (χ3n) is 4.47. The summed E-state index contributed by atoms with van der Waals surface area (Å²) in [5.74, 6) is 0.892. The molecule has 5 heteroatoms. The minimum absolute atomic E-state index is 0.0244. The normalized spacial score (nSPS) is 13.3. The van der Waals surface area contributed by atoms with Gasteiger partial charge in [0.1, 0.15) is 5.75 Å². The fourth-order valence-corrected chi connectivity index (χ4v) is 3.19. The van der Waals surface area contributed by atoms with Crippen LogP contribution in [0.25, 0.3) is 0 Å². The van der Waals surface area contributed by atoms with Crippen molar-refractivity contribution in [3.8, 4) is 5.75 Å². The molecule has 2 aromatic carbocycles. The van der Waals surface area contributed by atoms with E-state index in [1.54, 1.807) is 4.90 Å². The highest BCUT2D eigenvalue weighted by Crippen LogP contribution is 2.34. The number of anilines is 2. The second kappa shape index (κ2) is 8.71. The smallest absolute Gasteiger partial charge is 0.265 e. The summed E-state index contributed by atoms with van der Waals surface area (Å²) in [6.07, 6.45) is 2.23. The van der Waals surface area contributed by atoms with Gasteiger partial charge in [0.25, 0.3) is 5.91 Å². The summed E-state index contributed by atoms with van der Waals surface area (Å²) in [5.41, 5.74) is 2.67. The molecule has 0 aromatic heterocycles. The van der Waals surface area contributed by atoms with Crippen LogP contribution < -0.4 is 15.0 Å². The van der Waals surface area contributed by atoms with Crippen molar-refractivity contribution in [1.82, 2.24) is 0 Å². The van der Waals surface area contributed by atoms with Gasteiger partial charge in [-0.25, -0.2) is 0 Å². The predicted octanol–water partition coefficient (Wildman–Crippen LogP) is 4.03. The van der Waals surface area contributed by atoms with Gasteiger partial charge >= 0.3 is 0 Å². The molecule has 1 N–H and O–H groups in total. The molecule has 2 aromatic rings. The SMILES string of the molecule is CC(C)CC(=O)Nc1ccc2c(c1)N(CCCc1ccccc1)C(=O)CO2. The van der Waals surface area contributed by atoms with E-state index in [1.807, 2.05) is 50.2 Å². The minimum atomic E-state index is -0.0544. The molecule has 1 heterocycles. The molecule has 1 aliphatic rings. The number of aryl methyl sites for hydroxylation is 1. The van der Waals surface area contributed by atoms with E-state index < -0.39 is 0 Å². The van der Waals surface area contributed by atoms with E-state index in [9.17, 15) is 9.59 Å². The summed E-state index contributed by atoms with van der Waals surface area (Å²) in [6, 6.07) is 15.7. The maximum Gasteiger partial charge on any atom is 0.265 e. The van der Waals surface area contributed by atoms with Crippen LogP contribution in [-0.4, -0.2) is 25.0 Å². The summed E-state index contributed by atoms with van der Waals surface area (Å²) in [6.45, 7) is 4.69. The van der Waals surface area contributed by atoms with Gasteiger partial charge in [-0.1, -0.05) is 44.2 Å². The summed E-state index contributed by atoms with van der Waals surface area (Å²) < 4.78 is 5.55. The first-order valence-electron chi connectivity index (χ1n) is 9.44. The van der Waals surface area contributed by atoms with Crippen LogP contribution in [-0.2, 0) is 16.0 Å². The second-order valence-corrected chi connectivity index (χ2v) is 7.25. The summed E-state index contributed by atoms with van der Waals surface area (Å²) >= 11 is 0. The first kappa shape index (κ1) is 19.0. The van der Waals surface area contributed by atoms with Gasteiger partial charge in [0.15, 0.2) is 6.61 Å². The van der Waals surface area contributed by atoms with E-state index in [4.69, 9.17) is 4.74 Å². The number of hydrogen-bond acceptors (Lipinski definition) is 3. The highest BCUT2D eigenvalue weighted by molar-refractivity contribution is 5.99. The quantitative estimate of drug-likeness (QED) is 0.805. The van der Waals surface area contributed by atoms with Crippen LogP contribution in [0.3, 0.4) is 0 Å². The number of fused-ring (bicyclic) bond motifs is 1. The Morgan fingerprint density at radius 1 is 1.19 bits per heavy atom. The van der Waals surface area contributed by atoms with Crippen molar-refractivity contribution in [3.05, 3.63) is 54.1 Å². The van der Waals surface area contributed by atoms with Gasteiger partial charge in [0.05, 0.1) is 5.69 Å². The Balaban J connectivity index is 1.69. The lowest BCUT2D eigenvalue weighted by molar-refractivity contribution is -0.121. The number of nitrogens with zero attached hydrogens (tertiary/aromatic N) is 1. The van der Waals surface area contributed by atoms with Gasteiger partial charge in [-0.15, -0.1) is 0 Å². The molecule has 2 amide bonds. The van der Waals surface area contributed by atoms with Crippen LogP contribution >= 0.6 is 0 Å². The van der Waals surface area contributed by atoms with Gasteiger partial charge in [0, 0.05) is 18.7 Å². The van der Waals surface area contributed by atoms with Crippen molar-refractivity contribution in [2.45, 2.75) is 33.1 Å². The standard InChI is InChI=1S/C22H26N2O3/c1-16(2)13-21(25)23-18-10-11-20-19(14-18)24(22(26)15-27-20)12-6-9-17-7-4-3-5-8-17/h3-5,7-8,10-11,14,16H,6,9,12-13,15H2,1-2H3,(H,23,25). The molecule has 3 rings (SSSR count). The molecular formula is C22H26N2O3. The lowest BCUT2D eigenvalue weighted by atomic mass is 10.1. The minimum Gasteiger partial charge on any atom is -0.482 e. The van der Waals surface area contributed by atoms with Crippen LogP contribution in [0.2, 0.25) is 0 Å². The van der Waals surface area contributed by atoms with Crippen molar-refractivity contribution in [3.63, 3.8) is 0 Å². The maximum absolute atomic E-state index is 12.4. The molecule has 142 valence electrons. The number of rotatable bonds is 7. The summed E-state index contributed by atoms with van der Waals surface area (Å²) in [5, 5.41) is 2.91. The number of hydrogen-bond donors (Lipinski definition) is 1.